The van der Waals surface area contributed by atoms with Crippen molar-refractivity contribution in [1.82, 2.24) is 19.5 Å². The smallest absolute Gasteiger partial charge is 0.156 e. The average molecular weight is 379 g/mol. The average Bonchev–Trinajstić information content (AvgIpc) is 3.39. The summed E-state index contributed by atoms with van der Waals surface area (Å²) in [5.74, 6) is 1.09. The molecule has 0 N–H and O–H groups in total. The lowest BCUT2D eigenvalue weighted by molar-refractivity contribution is 0.194. The number of halogens is 1. The van der Waals surface area contributed by atoms with Gasteiger partial charge in [-0.25, -0.2) is 13.9 Å². The first-order chi connectivity index (χ1) is 13.8. The van der Waals surface area contributed by atoms with E-state index in [2.05, 4.69) is 28.1 Å². The first-order valence-electron chi connectivity index (χ1n) is 10.3. The third-order valence-electron chi connectivity index (χ3n) is 6.03. The van der Waals surface area contributed by atoms with Gasteiger partial charge in [0, 0.05) is 37.7 Å². The van der Waals surface area contributed by atoms with E-state index in [1.807, 2.05) is 16.6 Å². The second-order valence-electron chi connectivity index (χ2n) is 8.02. The largest absolute Gasteiger partial charge is 0.370 e. The number of rotatable bonds is 4. The maximum atomic E-state index is 14.0. The molecule has 0 radical (unpaired) electrons. The van der Waals surface area contributed by atoms with Gasteiger partial charge in [-0.3, -0.25) is 4.90 Å². The number of pyridine rings is 1. The Labute approximate surface area is 164 Å². The van der Waals surface area contributed by atoms with Crippen molar-refractivity contribution in [2.24, 2.45) is 0 Å². The first-order valence-corrected chi connectivity index (χ1v) is 10.3. The van der Waals surface area contributed by atoms with Gasteiger partial charge in [-0.05, 0) is 50.4 Å². The molecule has 0 amide bonds. The van der Waals surface area contributed by atoms with E-state index < -0.39 is 0 Å². The number of piperidine rings is 1. The molecule has 3 aromatic rings. The summed E-state index contributed by atoms with van der Waals surface area (Å²) in [4.78, 5) is 9.54. The molecule has 6 heteroatoms. The summed E-state index contributed by atoms with van der Waals surface area (Å²) in [5.41, 5.74) is 2.90. The Bertz CT molecular complexity index is 962. The van der Waals surface area contributed by atoms with E-state index >= 15 is 0 Å². The molecule has 146 valence electrons. The van der Waals surface area contributed by atoms with Gasteiger partial charge in [0.2, 0.25) is 0 Å². The van der Waals surface area contributed by atoms with Gasteiger partial charge in [0.05, 0.1) is 11.9 Å². The number of benzene rings is 1. The second kappa shape index (κ2) is 7.51. The summed E-state index contributed by atoms with van der Waals surface area (Å²) in [6, 6.07) is 11.3. The van der Waals surface area contributed by atoms with Crippen molar-refractivity contribution in [1.29, 1.82) is 0 Å². The van der Waals surface area contributed by atoms with Crippen LogP contribution in [0.2, 0.25) is 0 Å². The molecule has 4 heterocycles. The molecule has 0 spiro atoms. The van der Waals surface area contributed by atoms with Gasteiger partial charge < -0.3 is 4.90 Å². The zero-order chi connectivity index (χ0) is 18.9. The summed E-state index contributed by atoms with van der Waals surface area (Å²) < 4.78 is 15.9. The molecule has 1 atom stereocenters. The van der Waals surface area contributed by atoms with E-state index in [-0.39, 0.29) is 5.82 Å². The van der Waals surface area contributed by atoms with E-state index in [4.69, 9.17) is 10.1 Å². The summed E-state index contributed by atoms with van der Waals surface area (Å²) >= 11 is 0. The Morgan fingerprint density at radius 2 is 1.86 bits per heavy atom. The van der Waals surface area contributed by atoms with E-state index in [1.165, 1.54) is 18.5 Å². The molecule has 5 nitrogen and oxygen atoms in total. The predicted octanol–water partition coefficient (Wildman–Crippen LogP) is 3.85. The Kier molecular flexibility index (Phi) is 4.72. The molecule has 0 aliphatic carbocycles. The third-order valence-corrected chi connectivity index (χ3v) is 6.03. The minimum absolute atomic E-state index is 0.120. The molecule has 0 saturated carbocycles. The fourth-order valence-corrected chi connectivity index (χ4v) is 4.50. The number of aromatic nitrogens is 3. The van der Waals surface area contributed by atoms with Crippen LogP contribution in [-0.4, -0.2) is 45.7 Å². The van der Waals surface area contributed by atoms with Crippen LogP contribution in [0.15, 0.2) is 42.6 Å². The number of likely N-dealkylation sites (tertiary alicyclic amines) is 1. The molecule has 2 aliphatic heterocycles. The summed E-state index contributed by atoms with van der Waals surface area (Å²) in [6.07, 6.45) is 6.82. The zero-order valence-corrected chi connectivity index (χ0v) is 16.1. The molecule has 1 aromatic carbocycles. The lowest BCUT2D eigenvalue weighted by Crippen LogP contribution is -2.34. The fraction of sp³-hybridized carbons (Fsp3) is 0.455. The number of hydrogen-bond acceptors (Lipinski definition) is 4. The van der Waals surface area contributed by atoms with Gasteiger partial charge in [-0.2, -0.15) is 5.10 Å². The van der Waals surface area contributed by atoms with Gasteiger partial charge >= 0.3 is 0 Å². The van der Waals surface area contributed by atoms with Crippen LogP contribution >= 0.6 is 0 Å². The van der Waals surface area contributed by atoms with Crippen LogP contribution in [-0.2, 0) is 6.54 Å². The Balaban J connectivity index is 1.33. The molecule has 2 aromatic heterocycles. The molecule has 28 heavy (non-hydrogen) atoms. The summed E-state index contributed by atoms with van der Waals surface area (Å²) in [6.45, 7) is 4.78. The highest BCUT2D eigenvalue weighted by Gasteiger charge is 2.25. The number of hydrogen-bond donors (Lipinski definition) is 0. The summed E-state index contributed by atoms with van der Waals surface area (Å²) in [7, 11) is 0. The van der Waals surface area contributed by atoms with Crippen LogP contribution in [0.3, 0.4) is 0 Å². The van der Waals surface area contributed by atoms with Crippen molar-refractivity contribution in [2.45, 2.75) is 38.1 Å². The van der Waals surface area contributed by atoms with Crippen LogP contribution in [0.1, 0.15) is 43.0 Å². The topological polar surface area (TPSA) is 36.7 Å². The molecule has 5 rings (SSSR count). The highest BCUT2D eigenvalue weighted by atomic mass is 19.1. The van der Waals surface area contributed by atoms with Gasteiger partial charge in [0.1, 0.15) is 5.82 Å². The van der Waals surface area contributed by atoms with Crippen LogP contribution < -0.4 is 4.90 Å². The van der Waals surface area contributed by atoms with E-state index in [0.717, 1.165) is 56.1 Å². The lowest BCUT2D eigenvalue weighted by atomic mass is 9.97. The monoisotopic (exact) mass is 379 g/mol. The minimum atomic E-state index is -0.120. The van der Waals surface area contributed by atoms with Crippen molar-refractivity contribution >= 4 is 11.3 Å². The molecule has 0 bridgehead atoms. The molecular formula is C22H26FN5. The maximum Gasteiger partial charge on any atom is 0.156 e. The molecule has 0 unspecified atom stereocenters. The van der Waals surface area contributed by atoms with Crippen LogP contribution in [0, 0.1) is 5.82 Å². The van der Waals surface area contributed by atoms with Crippen LogP contribution in [0.5, 0.6) is 0 Å². The van der Waals surface area contributed by atoms with E-state index in [9.17, 15) is 4.39 Å². The molecular weight excluding hydrogens is 353 g/mol. The first kappa shape index (κ1) is 17.6. The van der Waals surface area contributed by atoms with Crippen molar-refractivity contribution < 1.29 is 4.39 Å². The Hall–Kier alpha value is -2.47. The molecule has 2 aliphatic rings. The standard InChI is InChI=1S/C22H26FN5/c23-20-8-2-1-6-17(20)14-26-11-5-7-18(15-26)22-24-21-10-9-19(16-28(21)25-22)27-12-3-4-13-27/h1-2,6,8-10,16,18H,3-5,7,11-15H2/t18-/m1/s1. The van der Waals surface area contributed by atoms with Gasteiger partial charge in [-0.15, -0.1) is 0 Å². The Morgan fingerprint density at radius 3 is 2.71 bits per heavy atom. The predicted molar refractivity (Wildman–Crippen MR) is 108 cm³/mol. The quantitative estimate of drug-likeness (QED) is 0.690. The minimum Gasteiger partial charge on any atom is -0.370 e. The number of anilines is 1. The van der Waals surface area contributed by atoms with Crippen LogP contribution in [0.25, 0.3) is 5.65 Å². The maximum absolute atomic E-state index is 14.0. The SMILES string of the molecule is Fc1ccccc1CN1CCC[C@@H](c2nc3ccc(N4CCCC4)cn3n2)C1. The highest BCUT2D eigenvalue weighted by molar-refractivity contribution is 5.52. The lowest BCUT2D eigenvalue weighted by Gasteiger charge is -2.31. The second-order valence-corrected chi connectivity index (χ2v) is 8.02. The number of nitrogens with zero attached hydrogens (tertiary/aromatic N) is 5. The normalized spacial score (nSPS) is 20.9. The molecule has 2 fully saturated rings. The van der Waals surface area contributed by atoms with E-state index in [0.29, 0.717) is 12.5 Å². The Morgan fingerprint density at radius 1 is 1.00 bits per heavy atom. The van der Waals surface area contributed by atoms with Crippen molar-refractivity contribution in [3.8, 4) is 0 Å². The van der Waals surface area contributed by atoms with Crippen molar-refractivity contribution in [3.63, 3.8) is 0 Å². The third kappa shape index (κ3) is 3.49. The number of fused-ring (bicyclic) bond motifs is 1. The summed E-state index contributed by atoms with van der Waals surface area (Å²) in [5, 5.41) is 4.81. The van der Waals surface area contributed by atoms with Crippen molar-refractivity contribution in [2.75, 3.05) is 31.1 Å². The van der Waals surface area contributed by atoms with Gasteiger partial charge in [0.15, 0.2) is 11.5 Å². The highest BCUT2D eigenvalue weighted by Crippen LogP contribution is 2.27. The van der Waals surface area contributed by atoms with Gasteiger partial charge in [-0.1, -0.05) is 18.2 Å². The fourth-order valence-electron chi connectivity index (χ4n) is 4.50. The zero-order valence-electron chi connectivity index (χ0n) is 16.1. The van der Waals surface area contributed by atoms with Gasteiger partial charge in [0.25, 0.3) is 0 Å². The van der Waals surface area contributed by atoms with E-state index in [1.54, 1.807) is 12.1 Å². The molecule has 2 saturated heterocycles. The van der Waals surface area contributed by atoms with Crippen LogP contribution in [0.4, 0.5) is 10.1 Å². The van der Waals surface area contributed by atoms with Crippen molar-refractivity contribution in [3.05, 3.63) is 59.8 Å².